The molecule has 30 heavy (non-hydrogen) atoms. The number of nitrogens with one attached hydrogen (secondary N) is 2. The Bertz CT molecular complexity index is 810. The van der Waals surface area contributed by atoms with Gasteiger partial charge < -0.3 is 15.5 Å². The smallest absolute Gasteiger partial charge is 0.214 e. The first-order valence-corrected chi connectivity index (χ1v) is 12.1. The topological polar surface area (TPSA) is 77.0 Å². The highest BCUT2D eigenvalue weighted by Crippen LogP contribution is 2.18. The van der Waals surface area contributed by atoms with Crippen LogP contribution in [0.3, 0.4) is 0 Å². The highest BCUT2D eigenvalue weighted by Gasteiger charge is 2.27. The molecule has 168 valence electrons. The van der Waals surface area contributed by atoms with Crippen molar-refractivity contribution in [3.05, 3.63) is 42.0 Å². The van der Waals surface area contributed by atoms with Gasteiger partial charge in [0.1, 0.15) is 0 Å². The molecule has 2 N–H and O–H groups in total. The van der Waals surface area contributed by atoms with Crippen LogP contribution in [0.1, 0.15) is 31.7 Å². The summed E-state index contributed by atoms with van der Waals surface area (Å²) in [5, 5.41) is 6.80. The fraction of sp³-hybridized carbons (Fsp3) is 0.571. The first-order valence-electron chi connectivity index (χ1n) is 10.5. The van der Waals surface area contributed by atoms with Crippen LogP contribution in [0.4, 0.5) is 5.69 Å². The number of halogens is 1. The summed E-state index contributed by atoms with van der Waals surface area (Å²) in [6, 6.07) is 8.84. The van der Waals surface area contributed by atoms with Crippen LogP contribution in [-0.2, 0) is 16.6 Å². The van der Waals surface area contributed by atoms with Gasteiger partial charge in [-0.25, -0.2) is 12.7 Å². The second-order valence-electron chi connectivity index (χ2n) is 7.60. The van der Waals surface area contributed by atoms with E-state index in [9.17, 15) is 8.42 Å². The number of guanidine groups is 1. The van der Waals surface area contributed by atoms with Crippen molar-refractivity contribution in [3.8, 4) is 0 Å². The summed E-state index contributed by atoms with van der Waals surface area (Å²) in [5.74, 6) is 0.995. The second-order valence-corrected chi connectivity index (χ2v) is 9.69. The van der Waals surface area contributed by atoms with E-state index in [1.165, 1.54) is 11.3 Å². The number of sulfonamides is 1. The van der Waals surface area contributed by atoms with Crippen molar-refractivity contribution in [1.82, 2.24) is 14.9 Å². The molecule has 1 aromatic carbocycles. The fourth-order valence-electron chi connectivity index (χ4n) is 3.75. The second kappa shape index (κ2) is 11.9. The summed E-state index contributed by atoms with van der Waals surface area (Å²) in [7, 11) is -1.33. The molecule has 1 aromatic rings. The number of rotatable bonds is 7. The summed E-state index contributed by atoms with van der Waals surface area (Å²) < 4.78 is 26.0. The lowest BCUT2D eigenvalue weighted by Gasteiger charge is -2.32. The highest BCUT2D eigenvalue weighted by atomic mass is 127. The maximum atomic E-state index is 12.2. The maximum absolute atomic E-state index is 12.2. The molecule has 1 fully saturated rings. The molecule has 0 aromatic heterocycles. The van der Waals surface area contributed by atoms with Crippen LogP contribution in [-0.4, -0.2) is 63.7 Å². The van der Waals surface area contributed by atoms with E-state index in [-0.39, 0.29) is 35.8 Å². The first kappa shape index (κ1) is 24.9. The summed E-state index contributed by atoms with van der Waals surface area (Å²) in [6.45, 7) is 5.70. The van der Waals surface area contributed by atoms with Crippen molar-refractivity contribution in [2.24, 2.45) is 4.99 Å². The van der Waals surface area contributed by atoms with Gasteiger partial charge in [-0.1, -0.05) is 31.2 Å². The van der Waals surface area contributed by atoms with Crippen molar-refractivity contribution in [2.45, 2.75) is 38.8 Å². The van der Waals surface area contributed by atoms with Gasteiger partial charge in [-0.05, 0) is 37.0 Å². The summed E-state index contributed by atoms with van der Waals surface area (Å²) >= 11 is 0. The van der Waals surface area contributed by atoms with Crippen LogP contribution in [0.25, 0.3) is 0 Å². The van der Waals surface area contributed by atoms with Gasteiger partial charge in [0, 0.05) is 51.5 Å². The van der Waals surface area contributed by atoms with E-state index in [0.717, 1.165) is 31.9 Å². The van der Waals surface area contributed by atoms with Gasteiger partial charge in [-0.3, -0.25) is 4.99 Å². The van der Waals surface area contributed by atoms with Crippen LogP contribution in [0, 0.1) is 0 Å². The Morgan fingerprint density at radius 2 is 1.77 bits per heavy atom. The molecule has 0 radical (unpaired) electrons. The van der Waals surface area contributed by atoms with Crippen molar-refractivity contribution in [1.29, 1.82) is 0 Å². The molecule has 0 amide bonds. The largest absolute Gasteiger partial charge is 0.364 e. The Kier molecular flexibility index (Phi) is 9.89. The minimum absolute atomic E-state index is 0. The van der Waals surface area contributed by atoms with Gasteiger partial charge in [-0.15, -0.1) is 24.0 Å². The van der Waals surface area contributed by atoms with E-state index in [2.05, 4.69) is 56.9 Å². The van der Waals surface area contributed by atoms with Crippen LogP contribution in [0.15, 0.2) is 41.4 Å². The van der Waals surface area contributed by atoms with Gasteiger partial charge in [0.2, 0.25) is 10.0 Å². The van der Waals surface area contributed by atoms with E-state index in [1.807, 2.05) is 6.92 Å². The number of hydrogen-bond donors (Lipinski definition) is 2. The number of piperidine rings is 1. The molecule has 0 aliphatic carbocycles. The van der Waals surface area contributed by atoms with E-state index in [0.29, 0.717) is 26.1 Å². The van der Waals surface area contributed by atoms with Crippen molar-refractivity contribution >= 4 is 45.6 Å². The summed E-state index contributed by atoms with van der Waals surface area (Å²) in [4.78, 5) is 6.65. The summed E-state index contributed by atoms with van der Waals surface area (Å²) in [6.07, 6.45) is 6.63. The van der Waals surface area contributed by atoms with Gasteiger partial charge in [0.25, 0.3) is 0 Å². The average molecular weight is 548 g/mol. The van der Waals surface area contributed by atoms with Gasteiger partial charge in [-0.2, -0.15) is 0 Å². The normalized spacial score (nSPS) is 18.3. The molecule has 7 nitrogen and oxygen atoms in total. The fourth-order valence-corrected chi connectivity index (χ4v) is 5.29. The zero-order valence-electron chi connectivity index (χ0n) is 17.9. The third kappa shape index (κ3) is 6.84. The number of hydrogen-bond acceptors (Lipinski definition) is 4. The maximum Gasteiger partial charge on any atom is 0.214 e. The zero-order valence-corrected chi connectivity index (χ0v) is 21.0. The lowest BCUT2D eigenvalue weighted by molar-refractivity contribution is 0.306. The lowest BCUT2D eigenvalue weighted by Crippen LogP contribution is -2.49. The number of nitrogens with zero attached hydrogens (tertiary/aromatic N) is 3. The predicted octanol–water partition coefficient (Wildman–Crippen LogP) is 2.55. The third-order valence-electron chi connectivity index (χ3n) is 5.45. The number of benzene rings is 1. The van der Waals surface area contributed by atoms with E-state index in [4.69, 9.17) is 0 Å². The highest BCUT2D eigenvalue weighted by molar-refractivity contribution is 14.0. The van der Waals surface area contributed by atoms with Crippen molar-refractivity contribution < 1.29 is 8.42 Å². The number of aliphatic imine (C=N–C) groups is 1. The monoisotopic (exact) mass is 547 g/mol. The Morgan fingerprint density at radius 3 is 2.33 bits per heavy atom. The molecule has 0 spiro atoms. The van der Waals surface area contributed by atoms with E-state index < -0.39 is 10.0 Å². The molecule has 2 heterocycles. The summed E-state index contributed by atoms with van der Waals surface area (Å²) in [5.41, 5.74) is 2.44. The quantitative estimate of drug-likeness (QED) is 0.238. The van der Waals surface area contributed by atoms with Crippen LogP contribution >= 0.6 is 24.0 Å². The Morgan fingerprint density at radius 1 is 1.13 bits per heavy atom. The standard InChI is InChI=1S/C21H33N5O2S.HI/c1-3-16-29(27,28)26-14-10-19(11-15-26)24-21(22-2)23-17-18-6-8-20(9-7-18)25-12-4-5-13-25;/h4-9,19H,3,10-17H2,1-2H3,(H2,22,23,24);1H. The zero-order chi connectivity index (χ0) is 20.7. The number of anilines is 1. The predicted molar refractivity (Wildman–Crippen MR) is 135 cm³/mol. The molecule has 2 aliphatic heterocycles. The minimum atomic E-state index is -3.09. The van der Waals surface area contributed by atoms with Crippen molar-refractivity contribution in [3.63, 3.8) is 0 Å². The van der Waals surface area contributed by atoms with Crippen LogP contribution in [0.2, 0.25) is 0 Å². The van der Waals surface area contributed by atoms with Gasteiger partial charge >= 0.3 is 0 Å². The molecule has 0 unspecified atom stereocenters. The molecule has 0 atom stereocenters. The minimum Gasteiger partial charge on any atom is -0.364 e. The molecule has 3 rings (SSSR count). The van der Waals surface area contributed by atoms with Crippen LogP contribution < -0.4 is 15.5 Å². The van der Waals surface area contributed by atoms with Crippen molar-refractivity contribution in [2.75, 3.05) is 43.9 Å². The SMILES string of the molecule is CCCS(=O)(=O)N1CCC(NC(=NC)NCc2ccc(N3CC=CC3)cc2)CC1.I. The van der Waals surface area contributed by atoms with Crippen LogP contribution in [0.5, 0.6) is 0 Å². The molecular weight excluding hydrogens is 513 g/mol. The van der Waals surface area contributed by atoms with E-state index >= 15 is 0 Å². The lowest BCUT2D eigenvalue weighted by atomic mass is 10.1. The Hall–Kier alpha value is -1.33. The first-order chi connectivity index (χ1) is 14.0. The molecule has 0 bridgehead atoms. The van der Waals surface area contributed by atoms with E-state index in [1.54, 1.807) is 11.4 Å². The van der Waals surface area contributed by atoms with Gasteiger partial charge in [0.15, 0.2) is 5.96 Å². The molecular formula is C21H34IN5O2S. The molecule has 9 heteroatoms. The average Bonchev–Trinajstić information content (AvgIpc) is 3.27. The Balaban J connectivity index is 0.00000320. The molecule has 1 saturated heterocycles. The molecule has 2 aliphatic rings. The van der Waals surface area contributed by atoms with Gasteiger partial charge in [0.05, 0.1) is 5.75 Å². The third-order valence-corrected chi connectivity index (χ3v) is 7.53. The Labute approximate surface area is 198 Å². The molecule has 0 saturated carbocycles.